The summed E-state index contributed by atoms with van der Waals surface area (Å²) in [5.74, 6) is 1.88. The topological polar surface area (TPSA) is 85.4 Å². The van der Waals surface area contributed by atoms with E-state index < -0.39 is 0 Å². The van der Waals surface area contributed by atoms with E-state index in [1.807, 2.05) is 69.3 Å². The van der Waals surface area contributed by atoms with Crippen molar-refractivity contribution in [2.45, 2.75) is 45.2 Å². The van der Waals surface area contributed by atoms with E-state index >= 15 is 0 Å². The highest BCUT2D eigenvalue weighted by Gasteiger charge is 2.17. The summed E-state index contributed by atoms with van der Waals surface area (Å²) >= 11 is 0. The molecule has 3 aromatic rings. The molecule has 0 spiro atoms. The molecule has 0 atom stereocenters. The highest BCUT2D eigenvalue weighted by molar-refractivity contribution is 5.90. The van der Waals surface area contributed by atoms with Crippen LogP contribution in [-0.2, 0) is 9.53 Å². The standard InChI is InChI=1S/C25H30N4O3/c1-25(2,3)29-22(30)16-32-19-8-6-7-17(15-19)23-27-21-10-5-4-9-20(21)24(28-23)26-18-11-13-31-14-12-18/h4-10,15,18H,11-14,16H2,1-3H3,(H,29,30)(H,26,27,28). The lowest BCUT2D eigenvalue weighted by Gasteiger charge is -2.24. The number of rotatable bonds is 6. The first-order chi connectivity index (χ1) is 15.4. The average Bonchev–Trinajstić information content (AvgIpc) is 2.77. The van der Waals surface area contributed by atoms with Crippen LogP contribution in [0.5, 0.6) is 5.75 Å². The fourth-order valence-corrected chi connectivity index (χ4v) is 3.68. The van der Waals surface area contributed by atoms with Gasteiger partial charge in [0.2, 0.25) is 0 Å². The van der Waals surface area contributed by atoms with Gasteiger partial charge in [0, 0.05) is 35.7 Å². The van der Waals surface area contributed by atoms with E-state index in [1.165, 1.54) is 0 Å². The predicted molar refractivity (Wildman–Crippen MR) is 126 cm³/mol. The van der Waals surface area contributed by atoms with Crippen LogP contribution < -0.4 is 15.4 Å². The third-order valence-corrected chi connectivity index (χ3v) is 5.14. The van der Waals surface area contributed by atoms with Crippen molar-refractivity contribution in [3.63, 3.8) is 0 Å². The highest BCUT2D eigenvalue weighted by atomic mass is 16.5. The monoisotopic (exact) mass is 434 g/mol. The van der Waals surface area contributed by atoms with Crippen molar-refractivity contribution in [3.05, 3.63) is 48.5 Å². The second kappa shape index (κ2) is 9.53. The minimum Gasteiger partial charge on any atom is -0.484 e. The maximum absolute atomic E-state index is 12.1. The van der Waals surface area contributed by atoms with Gasteiger partial charge in [-0.15, -0.1) is 0 Å². The van der Waals surface area contributed by atoms with Crippen molar-refractivity contribution in [2.24, 2.45) is 0 Å². The number of anilines is 1. The van der Waals surface area contributed by atoms with Crippen LogP contribution in [0.15, 0.2) is 48.5 Å². The first-order valence-electron chi connectivity index (χ1n) is 11.0. The number of nitrogens with one attached hydrogen (secondary N) is 2. The van der Waals surface area contributed by atoms with Crippen LogP contribution in [0.4, 0.5) is 5.82 Å². The number of hydrogen-bond donors (Lipinski definition) is 2. The quantitative estimate of drug-likeness (QED) is 0.605. The SMILES string of the molecule is CC(C)(C)NC(=O)COc1cccc(-c2nc(NC3CCOCC3)c3ccccc3n2)c1. The van der Waals surface area contributed by atoms with Gasteiger partial charge in [-0.05, 0) is 57.9 Å². The van der Waals surface area contributed by atoms with Crippen molar-refractivity contribution in [3.8, 4) is 17.1 Å². The van der Waals surface area contributed by atoms with Crippen molar-refractivity contribution in [1.29, 1.82) is 0 Å². The summed E-state index contributed by atoms with van der Waals surface area (Å²) in [6.07, 6.45) is 1.90. The molecule has 1 aliphatic heterocycles. The summed E-state index contributed by atoms with van der Waals surface area (Å²) in [5, 5.41) is 7.49. The molecule has 32 heavy (non-hydrogen) atoms. The maximum Gasteiger partial charge on any atom is 0.258 e. The molecule has 1 saturated heterocycles. The van der Waals surface area contributed by atoms with Gasteiger partial charge in [0.05, 0.1) is 5.52 Å². The van der Waals surface area contributed by atoms with Crippen LogP contribution in [-0.4, -0.2) is 47.3 Å². The van der Waals surface area contributed by atoms with E-state index in [1.54, 1.807) is 0 Å². The summed E-state index contributed by atoms with van der Waals surface area (Å²) in [6, 6.07) is 15.9. The van der Waals surface area contributed by atoms with Gasteiger partial charge in [0.1, 0.15) is 11.6 Å². The third-order valence-electron chi connectivity index (χ3n) is 5.14. The Balaban J connectivity index is 1.57. The first kappa shape index (κ1) is 22.0. The Morgan fingerprint density at radius 3 is 2.66 bits per heavy atom. The number of benzene rings is 2. The van der Waals surface area contributed by atoms with E-state index in [4.69, 9.17) is 19.4 Å². The molecule has 0 unspecified atom stereocenters. The summed E-state index contributed by atoms with van der Waals surface area (Å²) in [5.41, 5.74) is 1.41. The minimum atomic E-state index is -0.297. The normalized spacial score (nSPS) is 14.8. The van der Waals surface area contributed by atoms with Gasteiger partial charge in [0.25, 0.3) is 5.91 Å². The second-order valence-electron chi connectivity index (χ2n) is 9.06. The molecule has 4 rings (SSSR count). The minimum absolute atomic E-state index is 0.0458. The molecule has 2 N–H and O–H groups in total. The van der Waals surface area contributed by atoms with Crippen LogP contribution in [0.25, 0.3) is 22.3 Å². The van der Waals surface area contributed by atoms with Crippen LogP contribution in [0, 0.1) is 0 Å². The Kier molecular flexibility index (Phi) is 6.55. The van der Waals surface area contributed by atoms with E-state index in [9.17, 15) is 4.79 Å². The fourth-order valence-electron chi connectivity index (χ4n) is 3.68. The Bertz CT molecular complexity index is 1090. The molecule has 1 amide bonds. The molecule has 1 fully saturated rings. The largest absolute Gasteiger partial charge is 0.484 e. The van der Waals surface area contributed by atoms with E-state index in [-0.39, 0.29) is 18.1 Å². The number of nitrogens with zero attached hydrogens (tertiary/aromatic N) is 2. The molecule has 2 heterocycles. The smallest absolute Gasteiger partial charge is 0.258 e. The molecule has 2 aromatic carbocycles. The zero-order valence-corrected chi connectivity index (χ0v) is 18.9. The Labute approximate surface area is 188 Å². The summed E-state index contributed by atoms with van der Waals surface area (Å²) in [6.45, 7) is 7.29. The number of fused-ring (bicyclic) bond motifs is 1. The number of ether oxygens (including phenoxy) is 2. The molecule has 7 heteroatoms. The van der Waals surface area contributed by atoms with Gasteiger partial charge in [-0.1, -0.05) is 24.3 Å². The van der Waals surface area contributed by atoms with Crippen molar-refractivity contribution < 1.29 is 14.3 Å². The molecule has 0 saturated carbocycles. The van der Waals surface area contributed by atoms with E-state index in [0.717, 1.165) is 48.3 Å². The zero-order valence-electron chi connectivity index (χ0n) is 18.9. The van der Waals surface area contributed by atoms with E-state index in [0.29, 0.717) is 17.6 Å². The fraction of sp³-hybridized carbons (Fsp3) is 0.400. The van der Waals surface area contributed by atoms with Crippen LogP contribution in [0.2, 0.25) is 0 Å². The first-order valence-corrected chi connectivity index (χ1v) is 11.0. The third kappa shape index (κ3) is 5.73. The lowest BCUT2D eigenvalue weighted by Crippen LogP contribution is -2.43. The van der Waals surface area contributed by atoms with Gasteiger partial charge >= 0.3 is 0 Å². The van der Waals surface area contributed by atoms with Crippen LogP contribution in [0.3, 0.4) is 0 Å². The van der Waals surface area contributed by atoms with E-state index in [2.05, 4.69) is 10.6 Å². The van der Waals surface area contributed by atoms with Crippen molar-refractivity contribution in [2.75, 3.05) is 25.1 Å². The van der Waals surface area contributed by atoms with Gasteiger partial charge in [-0.3, -0.25) is 4.79 Å². The van der Waals surface area contributed by atoms with Gasteiger partial charge in [-0.2, -0.15) is 0 Å². The number of hydrogen-bond acceptors (Lipinski definition) is 6. The van der Waals surface area contributed by atoms with Crippen molar-refractivity contribution >= 4 is 22.6 Å². The Hall–Kier alpha value is -3.19. The molecule has 7 nitrogen and oxygen atoms in total. The summed E-state index contributed by atoms with van der Waals surface area (Å²) in [4.78, 5) is 21.7. The Morgan fingerprint density at radius 2 is 1.88 bits per heavy atom. The lowest BCUT2D eigenvalue weighted by atomic mass is 10.1. The predicted octanol–water partition coefficient (Wildman–Crippen LogP) is 4.18. The summed E-state index contributed by atoms with van der Waals surface area (Å²) < 4.78 is 11.2. The number of carbonyl (C=O) groups is 1. The van der Waals surface area contributed by atoms with Crippen molar-refractivity contribution in [1.82, 2.24) is 15.3 Å². The number of aromatic nitrogens is 2. The molecule has 1 aliphatic rings. The molecule has 0 bridgehead atoms. The molecule has 0 radical (unpaired) electrons. The molecule has 0 aliphatic carbocycles. The molecular weight excluding hydrogens is 404 g/mol. The van der Waals surface area contributed by atoms with Gasteiger partial charge < -0.3 is 20.1 Å². The van der Waals surface area contributed by atoms with Crippen LogP contribution >= 0.6 is 0 Å². The maximum atomic E-state index is 12.1. The van der Waals surface area contributed by atoms with Crippen LogP contribution in [0.1, 0.15) is 33.6 Å². The van der Waals surface area contributed by atoms with Gasteiger partial charge in [-0.25, -0.2) is 9.97 Å². The molecule has 168 valence electrons. The summed E-state index contributed by atoms with van der Waals surface area (Å²) in [7, 11) is 0. The zero-order chi connectivity index (χ0) is 22.6. The molecule has 1 aromatic heterocycles. The van der Waals surface area contributed by atoms with Gasteiger partial charge in [0.15, 0.2) is 12.4 Å². The second-order valence-corrected chi connectivity index (χ2v) is 9.06. The number of carbonyl (C=O) groups excluding carboxylic acids is 1. The molecular formula is C25H30N4O3. The highest BCUT2D eigenvalue weighted by Crippen LogP contribution is 2.28. The number of para-hydroxylation sites is 1. The average molecular weight is 435 g/mol. The number of amides is 1. The lowest BCUT2D eigenvalue weighted by molar-refractivity contribution is -0.124. The Morgan fingerprint density at radius 1 is 1.09 bits per heavy atom.